The molecule has 0 aromatic heterocycles. The van der Waals surface area contributed by atoms with E-state index in [0.717, 1.165) is 0 Å². The Morgan fingerprint density at radius 3 is 1.73 bits per heavy atom. The van der Waals surface area contributed by atoms with E-state index in [0.29, 0.717) is 0 Å². The summed E-state index contributed by atoms with van der Waals surface area (Å²) in [7, 11) is 0. The number of hydrogen-bond donors (Lipinski definition) is 4. The predicted molar refractivity (Wildman–Crippen MR) is 26.5 cm³/mol. The third-order valence-corrected chi connectivity index (χ3v) is 0.712. The molecule has 11 heavy (non-hydrogen) atoms. The first-order valence-electron chi connectivity index (χ1n) is 2.16. The summed E-state index contributed by atoms with van der Waals surface area (Å²) >= 11 is 0. The number of aliphatic carboxylic acids is 2. The van der Waals surface area contributed by atoms with Crippen molar-refractivity contribution in [3.05, 3.63) is 6.10 Å². The Balaban J connectivity index is 0. The second-order valence-electron chi connectivity index (χ2n) is 1.43. The maximum absolute atomic E-state index is 9.75. The van der Waals surface area contributed by atoms with Crippen LogP contribution in [0.25, 0.3) is 0 Å². The zero-order chi connectivity index (χ0) is 8.31. The monoisotopic (exact) mass is 172 g/mol. The van der Waals surface area contributed by atoms with E-state index < -0.39 is 24.1 Å². The molecule has 0 spiro atoms. The van der Waals surface area contributed by atoms with Crippen molar-refractivity contribution in [1.82, 2.24) is 0 Å². The molecule has 0 aromatic rings. The van der Waals surface area contributed by atoms with E-state index in [-0.39, 0.29) is 29.6 Å². The van der Waals surface area contributed by atoms with Gasteiger partial charge >= 0.3 is 35.5 Å². The normalized spacial score (nSPS) is 11.1. The minimum Gasteiger partial charge on any atom is -0.531 e. The quantitative estimate of drug-likeness (QED) is 0.251. The van der Waals surface area contributed by atoms with Gasteiger partial charge in [0.05, 0.1) is 6.10 Å². The topological polar surface area (TPSA) is 115 Å². The Kier molecular flexibility index (Phi) is 6.53. The maximum Gasteiger partial charge on any atom is 1.00 e. The van der Waals surface area contributed by atoms with Crippen molar-refractivity contribution in [2.45, 2.75) is 6.10 Å². The minimum atomic E-state index is -2.35. The Morgan fingerprint density at radius 2 is 1.64 bits per heavy atom. The zero-order valence-electron chi connectivity index (χ0n) is 5.68. The molecule has 6 nitrogen and oxygen atoms in total. The fraction of sp³-hybridized carbons (Fsp3) is 0.250. The van der Waals surface area contributed by atoms with Crippen LogP contribution in [0.15, 0.2) is 0 Å². The zero-order valence-corrected chi connectivity index (χ0v) is 7.68. The van der Waals surface area contributed by atoms with E-state index in [1.165, 1.54) is 0 Å². The molecule has 7 heteroatoms. The van der Waals surface area contributed by atoms with E-state index in [9.17, 15) is 9.59 Å². The Labute approximate surface area is 83.7 Å². The molecule has 0 aromatic carbocycles. The standard InChI is InChI=1S/C4H5O6.Na/c5-1(3(7)8)2(6)4(9)10;/h1,5-6H,(H,7,8)(H,9,10);/q-1;+1/t1-;/m1./s1. The first kappa shape index (κ1) is 13.3. The fourth-order valence-corrected chi connectivity index (χ4v) is 0.234. The summed E-state index contributed by atoms with van der Waals surface area (Å²) in [5.74, 6) is -3.66. The summed E-state index contributed by atoms with van der Waals surface area (Å²) in [4.78, 5) is 19.5. The van der Waals surface area contributed by atoms with Crippen LogP contribution in [0.3, 0.4) is 0 Å². The summed E-state index contributed by atoms with van der Waals surface area (Å²) in [6.45, 7) is 0. The summed E-state index contributed by atoms with van der Waals surface area (Å²) in [6.07, 6.45) is -3.84. The third kappa shape index (κ3) is 4.23. The van der Waals surface area contributed by atoms with Crippen LogP contribution in [0.5, 0.6) is 0 Å². The second-order valence-corrected chi connectivity index (χ2v) is 1.43. The number of hydrogen-bond acceptors (Lipinski definition) is 4. The Hall–Kier alpha value is -0.270. The molecule has 0 rings (SSSR count). The smallest absolute Gasteiger partial charge is 0.531 e. The molecule has 0 saturated heterocycles. The SMILES string of the molecule is O=C(O)[C-](O)[C@@H](O)C(=O)O.[Na+]. The van der Waals surface area contributed by atoms with Crippen molar-refractivity contribution in [2.75, 3.05) is 0 Å². The first-order chi connectivity index (χ1) is 4.46. The second kappa shape index (κ2) is 5.39. The Bertz CT molecular complexity index is 139. The van der Waals surface area contributed by atoms with E-state index >= 15 is 0 Å². The van der Waals surface area contributed by atoms with Gasteiger partial charge in [-0.2, -0.15) is 0 Å². The van der Waals surface area contributed by atoms with Crippen LogP contribution in [0.1, 0.15) is 0 Å². The van der Waals surface area contributed by atoms with Gasteiger partial charge in [-0.3, -0.25) is 9.59 Å². The fourth-order valence-electron chi connectivity index (χ4n) is 0.234. The molecule has 0 aliphatic heterocycles. The van der Waals surface area contributed by atoms with Crippen LogP contribution >= 0.6 is 0 Å². The largest absolute Gasteiger partial charge is 1.00 e. The molecule has 1 atom stereocenters. The third-order valence-electron chi connectivity index (χ3n) is 0.712. The molecule has 0 aliphatic rings. The molecule has 0 fully saturated rings. The van der Waals surface area contributed by atoms with Gasteiger partial charge in [-0.1, -0.05) is 0 Å². The Morgan fingerprint density at radius 1 is 1.27 bits per heavy atom. The van der Waals surface area contributed by atoms with Gasteiger partial charge in [-0.15, -0.1) is 6.10 Å². The minimum absolute atomic E-state index is 0. The number of aliphatic hydroxyl groups is 2. The molecular formula is C4H5NaO6. The maximum atomic E-state index is 9.75. The summed E-state index contributed by atoms with van der Waals surface area (Å²) in [6, 6.07) is 0. The van der Waals surface area contributed by atoms with E-state index in [4.69, 9.17) is 20.4 Å². The van der Waals surface area contributed by atoms with E-state index in [2.05, 4.69) is 0 Å². The molecule has 0 heterocycles. The average Bonchev–Trinajstić information content (AvgIpc) is 1.84. The van der Waals surface area contributed by atoms with Crippen molar-refractivity contribution in [3.8, 4) is 0 Å². The van der Waals surface area contributed by atoms with Gasteiger partial charge in [0.1, 0.15) is 0 Å². The molecule has 0 aliphatic carbocycles. The molecular weight excluding hydrogens is 167 g/mol. The average molecular weight is 172 g/mol. The summed E-state index contributed by atoms with van der Waals surface area (Å²) in [5, 5.41) is 32.3. The molecule has 0 unspecified atom stereocenters. The van der Waals surface area contributed by atoms with Crippen LogP contribution in [0.2, 0.25) is 0 Å². The van der Waals surface area contributed by atoms with Gasteiger partial charge in [-0.25, -0.2) is 0 Å². The van der Waals surface area contributed by atoms with Gasteiger partial charge in [0.2, 0.25) is 0 Å². The predicted octanol–water partition coefficient (Wildman–Crippen LogP) is -4.58. The van der Waals surface area contributed by atoms with Crippen LogP contribution in [-0.4, -0.2) is 38.5 Å². The molecule has 58 valence electrons. The number of rotatable bonds is 3. The van der Waals surface area contributed by atoms with Gasteiger partial charge in [0, 0.05) is 0 Å². The summed E-state index contributed by atoms with van der Waals surface area (Å²) in [5.41, 5.74) is 0. The van der Waals surface area contributed by atoms with Gasteiger partial charge < -0.3 is 20.4 Å². The van der Waals surface area contributed by atoms with Crippen LogP contribution < -0.4 is 29.6 Å². The number of aliphatic hydroxyl groups excluding tert-OH is 2. The molecule has 0 bridgehead atoms. The molecule has 0 amide bonds. The van der Waals surface area contributed by atoms with Crippen molar-refractivity contribution in [2.24, 2.45) is 0 Å². The molecule has 0 saturated carbocycles. The van der Waals surface area contributed by atoms with Gasteiger partial charge in [0.25, 0.3) is 0 Å². The van der Waals surface area contributed by atoms with Crippen LogP contribution in [0, 0.1) is 6.10 Å². The van der Waals surface area contributed by atoms with Crippen LogP contribution in [0.4, 0.5) is 0 Å². The number of carboxylic acids is 2. The molecule has 0 radical (unpaired) electrons. The van der Waals surface area contributed by atoms with E-state index in [1.807, 2.05) is 0 Å². The number of carbonyl (C=O) groups is 2. The first-order valence-corrected chi connectivity index (χ1v) is 2.16. The van der Waals surface area contributed by atoms with Gasteiger partial charge in [0.15, 0.2) is 5.97 Å². The van der Waals surface area contributed by atoms with Crippen molar-refractivity contribution < 1.29 is 59.6 Å². The van der Waals surface area contributed by atoms with Crippen molar-refractivity contribution >= 4 is 11.9 Å². The van der Waals surface area contributed by atoms with E-state index in [1.54, 1.807) is 0 Å². The summed E-state index contributed by atoms with van der Waals surface area (Å²) < 4.78 is 0. The number of carboxylic acid groups (broad SMARTS) is 2. The van der Waals surface area contributed by atoms with Gasteiger partial charge in [-0.05, 0) is 0 Å². The van der Waals surface area contributed by atoms with Crippen molar-refractivity contribution in [1.29, 1.82) is 0 Å². The van der Waals surface area contributed by atoms with Crippen molar-refractivity contribution in [3.63, 3.8) is 0 Å². The molecule has 4 N–H and O–H groups in total. The van der Waals surface area contributed by atoms with Crippen LogP contribution in [-0.2, 0) is 9.59 Å².